The highest BCUT2D eigenvalue weighted by Crippen LogP contribution is 2.66. The number of aliphatic hydroxyl groups is 1. The van der Waals surface area contributed by atoms with Crippen LogP contribution in [0.2, 0.25) is 0 Å². The second-order valence-electron chi connectivity index (χ2n) is 6.32. The molecule has 0 aromatic heterocycles. The van der Waals surface area contributed by atoms with Crippen LogP contribution in [-0.2, 0) is 31.6 Å². The molecule has 7 N–H and O–H groups in total. The third-order valence-corrected chi connectivity index (χ3v) is 7.63. The zero-order valence-corrected chi connectivity index (χ0v) is 18.1. The quantitative estimate of drug-likeness (QED) is 0.165. The Bertz CT molecular complexity index is 924. The Balaban J connectivity index is 2.08. The van der Waals surface area contributed by atoms with Gasteiger partial charge in [-0.1, -0.05) is 6.58 Å². The van der Waals surface area contributed by atoms with Crippen LogP contribution >= 0.6 is 23.5 Å². The first-order valence-electron chi connectivity index (χ1n) is 7.91. The molecule has 0 radical (unpaired) electrons. The van der Waals surface area contributed by atoms with Crippen molar-refractivity contribution in [2.45, 2.75) is 31.0 Å². The average Bonchev–Trinajstić information content (AvgIpc) is 2.82. The van der Waals surface area contributed by atoms with E-state index < -0.39 is 54.2 Å². The Kier molecular flexibility index (Phi) is 7.68. The van der Waals surface area contributed by atoms with Crippen molar-refractivity contribution in [3.63, 3.8) is 0 Å². The van der Waals surface area contributed by atoms with E-state index in [1.807, 2.05) is 0 Å². The van der Waals surface area contributed by atoms with Gasteiger partial charge in [-0.25, -0.2) is 23.1 Å². The lowest BCUT2D eigenvalue weighted by atomic mass is 9.99. The fourth-order valence-electron chi connectivity index (χ4n) is 2.51. The van der Waals surface area contributed by atoms with Crippen LogP contribution in [0.25, 0.3) is 0 Å². The van der Waals surface area contributed by atoms with Crippen LogP contribution in [0, 0.1) is 0 Å². The summed E-state index contributed by atoms with van der Waals surface area (Å²) in [6.45, 7) is 3.54. The van der Waals surface area contributed by atoms with Crippen molar-refractivity contribution in [2.75, 3.05) is 6.61 Å². The normalized spacial score (nSPS) is 33.0. The van der Waals surface area contributed by atoms with Gasteiger partial charge in [0.05, 0.1) is 6.61 Å². The molecule has 1 fully saturated rings. The summed E-state index contributed by atoms with van der Waals surface area (Å²) in [5.74, 6) is -0.123. The van der Waals surface area contributed by atoms with E-state index in [2.05, 4.69) is 24.7 Å². The highest BCUT2D eigenvalue weighted by atomic mass is 31.3. The molecule has 178 valence electrons. The molecule has 2 rings (SSSR count). The number of hydrogen-bond donors (Lipinski definition) is 7. The fourth-order valence-corrected chi connectivity index (χ4v) is 5.62. The van der Waals surface area contributed by atoms with Crippen molar-refractivity contribution in [2.24, 2.45) is 4.99 Å². The third kappa shape index (κ3) is 6.73. The largest absolute Gasteiger partial charge is 0.490 e. The average molecular weight is 513 g/mol. The zero-order chi connectivity index (χ0) is 23.8. The first kappa shape index (κ1) is 26.2. The van der Waals surface area contributed by atoms with Crippen LogP contribution in [0.15, 0.2) is 29.7 Å². The molecular formula is C11H19FN3O13P3. The molecule has 2 unspecified atom stereocenters. The van der Waals surface area contributed by atoms with Crippen molar-refractivity contribution in [1.82, 2.24) is 10.4 Å². The number of hydroxylamine groups is 1. The summed E-state index contributed by atoms with van der Waals surface area (Å²) in [5.41, 5.74) is -0.263. The van der Waals surface area contributed by atoms with Gasteiger partial charge in [-0.2, -0.15) is 8.62 Å². The van der Waals surface area contributed by atoms with Crippen molar-refractivity contribution in [3.05, 3.63) is 24.7 Å². The van der Waals surface area contributed by atoms with Crippen molar-refractivity contribution >= 4 is 29.3 Å². The predicted molar refractivity (Wildman–Crippen MR) is 96.5 cm³/mol. The molecule has 31 heavy (non-hydrogen) atoms. The summed E-state index contributed by atoms with van der Waals surface area (Å²) in [4.78, 5) is 40.5. The van der Waals surface area contributed by atoms with Crippen molar-refractivity contribution in [3.8, 4) is 0 Å². The first-order chi connectivity index (χ1) is 14.0. The molecule has 6 atom stereocenters. The third-order valence-electron chi connectivity index (χ3n) is 3.85. The molecule has 20 heteroatoms. The van der Waals surface area contributed by atoms with Gasteiger partial charge in [0, 0.05) is 6.20 Å². The van der Waals surface area contributed by atoms with Gasteiger partial charge < -0.3 is 34.3 Å². The van der Waals surface area contributed by atoms with Gasteiger partial charge in [0.2, 0.25) is 0 Å². The highest BCUT2D eigenvalue weighted by Gasteiger charge is 2.56. The molecule has 2 heterocycles. The lowest BCUT2D eigenvalue weighted by molar-refractivity contribution is -0.121. The summed E-state index contributed by atoms with van der Waals surface area (Å²) in [6.07, 6.45) is -3.19. The lowest BCUT2D eigenvalue weighted by Crippen LogP contribution is -2.43. The number of rotatable bonds is 8. The van der Waals surface area contributed by atoms with Gasteiger partial charge in [-0.05, 0) is 13.0 Å². The maximum Gasteiger partial charge on any atom is 0.490 e. The van der Waals surface area contributed by atoms with E-state index in [1.54, 1.807) is 5.48 Å². The van der Waals surface area contributed by atoms with Gasteiger partial charge in [0.25, 0.3) is 0 Å². The van der Waals surface area contributed by atoms with E-state index >= 15 is 0 Å². The van der Waals surface area contributed by atoms with Gasteiger partial charge in [0.15, 0.2) is 18.2 Å². The molecule has 0 aromatic carbocycles. The maximum atomic E-state index is 14.7. The maximum absolute atomic E-state index is 14.7. The minimum absolute atomic E-state index is 0.0226. The fraction of sp³-hybridized carbons (Fsp3) is 0.545. The van der Waals surface area contributed by atoms with Gasteiger partial charge >= 0.3 is 23.5 Å². The number of halogens is 1. The second kappa shape index (κ2) is 9.08. The van der Waals surface area contributed by atoms with Crippen LogP contribution < -0.4 is 5.48 Å². The minimum atomic E-state index is -5.75. The number of ether oxygens (including phenoxy) is 1. The van der Waals surface area contributed by atoms with Crippen LogP contribution in [0.1, 0.15) is 6.92 Å². The smallest absolute Gasteiger partial charge is 0.387 e. The predicted octanol–water partition coefficient (Wildman–Crippen LogP) is -0.178. The van der Waals surface area contributed by atoms with E-state index in [0.717, 1.165) is 11.8 Å². The summed E-state index contributed by atoms with van der Waals surface area (Å²) in [5, 5.41) is 19.0. The molecule has 2 aliphatic rings. The number of nitrogens with zero attached hydrogens (tertiary/aromatic N) is 2. The molecule has 0 amide bonds. The number of phosphoric acid groups is 3. The molecule has 0 spiro atoms. The number of amidine groups is 1. The Morgan fingerprint density at radius 2 is 1.90 bits per heavy atom. The standard InChI is InChI=1S/C11H19FN3O13P3/c1-6-13-7(14-17)3-4-15(6)10-8(12)9(16)11(2,26-10)5-25-30(21,22)28-31(23,24)27-29(18,19)20/h3-4,8-10,16-17H,1,5H2,2H3,(H,13,14)(H,21,22)(H,23,24)(H2,18,19,20)/t8-,9+,10-,11-/m1/s1. The molecule has 0 saturated carbocycles. The van der Waals surface area contributed by atoms with Gasteiger partial charge in [0.1, 0.15) is 17.5 Å². The van der Waals surface area contributed by atoms with Crippen LogP contribution in [0.4, 0.5) is 4.39 Å². The zero-order valence-electron chi connectivity index (χ0n) is 15.5. The van der Waals surface area contributed by atoms with Crippen molar-refractivity contribution < 1.29 is 65.9 Å². The number of alkyl halides is 1. The van der Waals surface area contributed by atoms with Gasteiger partial charge in [-0.3, -0.25) is 15.2 Å². The van der Waals surface area contributed by atoms with Crippen LogP contribution in [0.3, 0.4) is 0 Å². The van der Waals surface area contributed by atoms with Crippen LogP contribution in [0.5, 0.6) is 0 Å². The van der Waals surface area contributed by atoms with E-state index in [-0.39, 0.29) is 11.7 Å². The molecule has 0 bridgehead atoms. The SMILES string of the molecule is C=C1N=C(NO)C=CN1[C@@H]1O[C@](C)(COP(=O)(O)OP(=O)(O)OP(=O)(O)O)[C@@H](O)[C@H]1F. The van der Waals surface area contributed by atoms with E-state index in [0.29, 0.717) is 0 Å². The molecule has 0 aromatic rings. The second-order valence-corrected chi connectivity index (χ2v) is 10.7. The van der Waals surface area contributed by atoms with Crippen molar-refractivity contribution in [1.29, 1.82) is 0 Å². The summed E-state index contributed by atoms with van der Waals surface area (Å²) in [6, 6.07) is 0. The molecule has 1 saturated heterocycles. The number of aliphatic hydroxyl groups excluding tert-OH is 1. The van der Waals surface area contributed by atoms with E-state index in [1.165, 1.54) is 12.3 Å². The molecule has 0 aliphatic carbocycles. The Labute approximate surface area is 173 Å². The highest BCUT2D eigenvalue weighted by molar-refractivity contribution is 7.66. The van der Waals surface area contributed by atoms with Gasteiger partial charge in [-0.15, -0.1) is 0 Å². The minimum Gasteiger partial charge on any atom is -0.387 e. The topological polar surface area (TPSA) is 237 Å². The Morgan fingerprint density at radius 1 is 1.29 bits per heavy atom. The van der Waals surface area contributed by atoms with E-state index in [9.17, 15) is 28.1 Å². The summed E-state index contributed by atoms with van der Waals surface area (Å²) < 4.78 is 65.4. The number of hydrogen-bond acceptors (Lipinski definition) is 12. The number of phosphoric ester groups is 1. The Morgan fingerprint density at radius 3 is 2.42 bits per heavy atom. The Hall–Kier alpha value is -1.03. The molecule has 16 nitrogen and oxygen atoms in total. The lowest BCUT2D eigenvalue weighted by Gasteiger charge is -2.31. The monoisotopic (exact) mass is 513 g/mol. The number of nitrogens with one attached hydrogen (secondary N) is 1. The first-order valence-corrected chi connectivity index (χ1v) is 12.4. The summed E-state index contributed by atoms with van der Waals surface area (Å²) in [7, 11) is -16.8. The molecule has 2 aliphatic heterocycles. The van der Waals surface area contributed by atoms with E-state index in [4.69, 9.17) is 24.6 Å². The number of aliphatic imine (C=N–C) groups is 1. The summed E-state index contributed by atoms with van der Waals surface area (Å²) >= 11 is 0. The van der Waals surface area contributed by atoms with Crippen LogP contribution in [-0.4, -0.2) is 71.3 Å². The molecular weight excluding hydrogens is 494 g/mol.